The summed E-state index contributed by atoms with van der Waals surface area (Å²) in [6.45, 7) is 0. The first-order valence-corrected chi connectivity index (χ1v) is 5.64. The first-order chi connectivity index (χ1) is 6.75. The van der Waals surface area contributed by atoms with Gasteiger partial charge < -0.3 is 5.11 Å². The van der Waals surface area contributed by atoms with Crippen molar-refractivity contribution in [3.8, 4) is 0 Å². The van der Waals surface area contributed by atoms with E-state index in [1.54, 1.807) is 0 Å². The van der Waals surface area contributed by atoms with Crippen LogP contribution in [0.2, 0.25) is 0 Å². The highest BCUT2D eigenvalue weighted by atomic mass is 16.4. The van der Waals surface area contributed by atoms with Gasteiger partial charge in [0, 0.05) is 6.42 Å². The first kappa shape index (κ1) is 8.51. The lowest BCUT2D eigenvalue weighted by atomic mass is 9.74. The number of carboxylic acids is 1. The molecule has 0 radical (unpaired) electrons. The highest BCUT2D eigenvalue weighted by molar-refractivity contribution is 5.67. The maximum atomic E-state index is 10.7. The van der Waals surface area contributed by atoms with E-state index in [0.29, 0.717) is 18.3 Å². The summed E-state index contributed by atoms with van der Waals surface area (Å²) >= 11 is 0. The van der Waals surface area contributed by atoms with E-state index in [9.17, 15) is 4.79 Å². The normalized spacial score (nSPS) is 48.4. The third-order valence-corrected chi connectivity index (χ3v) is 4.58. The molecule has 0 aromatic heterocycles. The zero-order valence-electron chi connectivity index (χ0n) is 8.23. The summed E-state index contributed by atoms with van der Waals surface area (Å²) < 4.78 is 0. The lowest BCUT2D eigenvalue weighted by molar-refractivity contribution is -0.138. The van der Waals surface area contributed by atoms with Crippen LogP contribution in [-0.2, 0) is 4.79 Å². The molecule has 0 spiro atoms. The summed E-state index contributed by atoms with van der Waals surface area (Å²) in [5.41, 5.74) is 0. The molecule has 5 atom stereocenters. The predicted molar refractivity (Wildman–Crippen MR) is 52.7 cm³/mol. The Kier molecular flexibility index (Phi) is 1.73. The summed E-state index contributed by atoms with van der Waals surface area (Å²) in [6.07, 6.45) is 8.79. The second kappa shape index (κ2) is 2.85. The van der Waals surface area contributed by atoms with Crippen molar-refractivity contribution in [2.45, 2.75) is 25.7 Å². The summed E-state index contributed by atoms with van der Waals surface area (Å²) in [7, 11) is 0. The SMILES string of the molecule is O=C(O)CC1CC2CC1C1C=CCC21. The van der Waals surface area contributed by atoms with Gasteiger partial charge in [-0.3, -0.25) is 4.79 Å². The van der Waals surface area contributed by atoms with Crippen LogP contribution in [0.4, 0.5) is 0 Å². The molecule has 3 rings (SSSR count). The first-order valence-electron chi connectivity index (χ1n) is 5.64. The van der Waals surface area contributed by atoms with Crippen molar-refractivity contribution < 1.29 is 9.90 Å². The predicted octanol–water partition coefficient (Wildman–Crippen LogP) is 2.31. The fourth-order valence-corrected chi connectivity index (χ4v) is 4.14. The second-order valence-corrected chi connectivity index (χ2v) is 5.16. The van der Waals surface area contributed by atoms with Crippen molar-refractivity contribution in [3.63, 3.8) is 0 Å². The van der Waals surface area contributed by atoms with Crippen molar-refractivity contribution in [1.29, 1.82) is 0 Å². The minimum atomic E-state index is -0.610. The van der Waals surface area contributed by atoms with E-state index < -0.39 is 5.97 Å². The van der Waals surface area contributed by atoms with E-state index in [1.807, 2.05) is 0 Å². The number of aliphatic carboxylic acids is 1. The Balaban J connectivity index is 1.76. The summed E-state index contributed by atoms with van der Waals surface area (Å²) in [5.74, 6) is 3.01. The lowest BCUT2D eigenvalue weighted by Crippen LogP contribution is -2.25. The van der Waals surface area contributed by atoms with Gasteiger partial charge in [0.15, 0.2) is 0 Å². The molecule has 2 saturated carbocycles. The van der Waals surface area contributed by atoms with Gasteiger partial charge in [0.1, 0.15) is 0 Å². The maximum absolute atomic E-state index is 10.7. The monoisotopic (exact) mass is 192 g/mol. The van der Waals surface area contributed by atoms with E-state index >= 15 is 0 Å². The molecular formula is C12H16O2. The van der Waals surface area contributed by atoms with Crippen LogP contribution in [0.15, 0.2) is 12.2 Å². The standard InChI is InChI=1S/C12H16O2/c13-12(14)6-8-4-7-5-11(8)10-3-1-2-9(7)10/h1,3,7-11H,2,4-6H2,(H,13,14). The fraction of sp³-hybridized carbons (Fsp3) is 0.750. The molecule has 14 heavy (non-hydrogen) atoms. The third-order valence-electron chi connectivity index (χ3n) is 4.58. The quantitative estimate of drug-likeness (QED) is 0.682. The lowest BCUT2D eigenvalue weighted by Gasteiger charge is -2.30. The molecular weight excluding hydrogens is 176 g/mol. The third kappa shape index (κ3) is 1.06. The summed E-state index contributed by atoms with van der Waals surface area (Å²) in [4.78, 5) is 10.7. The van der Waals surface area contributed by atoms with Gasteiger partial charge in [0.2, 0.25) is 0 Å². The molecule has 2 heteroatoms. The van der Waals surface area contributed by atoms with Gasteiger partial charge in [0.05, 0.1) is 0 Å². The van der Waals surface area contributed by atoms with Gasteiger partial charge >= 0.3 is 5.97 Å². The van der Waals surface area contributed by atoms with E-state index in [1.165, 1.54) is 19.3 Å². The highest BCUT2D eigenvalue weighted by Crippen LogP contribution is 2.59. The van der Waals surface area contributed by atoms with Crippen LogP contribution in [0.1, 0.15) is 25.7 Å². The Hall–Kier alpha value is -0.790. The maximum Gasteiger partial charge on any atom is 0.303 e. The molecule has 0 aromatic carbocycles. The van der Waals surface area contributed by atoms with Gasteiger partial charge in [-0.05, 0) is 48.9 Å². The van der Waals surface area contributed by atoms with Crippen LogP contribution in [-0.4, -0.2) is 11.1 Å². The molecule has 0 heterocycles. The average molecular weight is 192 g/mol. The molecule has 3 aliphatic rings. The number of carboxylic acid groups (broad SMARTS) is 1. The molecule has 3 aliphatic carbocycles. The molecule has 1 N–H and O–H groups in total. The Morgan fingerprint density at radius 1 is 1.36 bits per heavy atom. The number of rotatable bonds is 2. The van der Waals surface area contributed by atoms with Crippen molar-refractivity contribution in [2.75, 3.05) is 0 Å². The zero-order chi connectivity index (χ0) is 9.71. The Morgan fingerprint density at radius 3 is 3.00 bits per heavy atom. The van der Waals surface area contributed by atoms with E-state index in [0.717, 1.165) is 17.8 Å². The number of carbonyl (C=O) groups is 1. The number of fused-ring (bicyclic) bond motifs is 5. The summed E-state index contributed by atoms with van der Waals surface area (Å²) in [5, 5.41) is 8.82. The minimum absolute atomic E-state index is 0.401. The van der Waals surface area contributed by atoms with Gasteiger partial charge in [-0.15, -0.1) is 0 Å². The van der Waals surface area contributed by atoms with Crippen molar-refractivity contribution >= 4 is 5.97 Å². The number of hydrogen-bond acceptors (Lipinski definition) is 1. The van der Waals surface area contributed by atoms with E-state index in [4.69, 9.17) is 5.11 Å². The van der Waals surface area contributed by atoms with Crippen LogP contribution in [0.5, 0.6) is 0 Å². The topological polar surface area (TPSA) is 37.3 Å². The summed E-state index contributed by atoms with van der Waals surface area (Å²) in [6, 6.07) is 0. The Labute approximate surface area is 84.0 Å². The second-order valence-electron chi connectivity index (χ2n) is 5.16. The molecule has 0 aromatic rings. The van der Waals surface area contributed by atoms with Gasteiger partial charge in [0.25, 0.3) is 0 Å². The molecule has 5 unspecified atom stereocenters. The molecule has 2 bridgehead atoms. The molecule has 76 valence electrons. The van der Waals surface area contributed by atoms with Crippen molar-refractivity contribution in [2.24, 2.45) is 29.6 Å². The van der Waals surface area contributed by atoms with Gasteiger partial charge in [-0.1, -0.05) is 12.2 Å². The minimum Gasteiger partial charge on any atom is -0.481 e. The Bertz CT molecular complexity index is 295. The van der Waals surface area contributed by atoms with Crippen LogP contribution in [0, 0.1) is 29.6 Å². The fourth-order valence-electron chi connectivity index (χ4n) is 4.14. The van der Waals surface area contributed by atoms with Crippen LogP contribution < -0.4 is 0 Å². The number of allylic oxidation sites excluding steroid dienone is 2. The zero-order valence-corrected chi connectivity index (χ0v) is 8.23. The molecule has 0 aliphatic heterocycles. The van der Waals surface area contributed by atoms with Crippen LogP contribution in [0.25, 0.3) is 0 Å². The van der Waals surface area contributed by atoms with Crippen molar-refractivity contribution in [1.82, 2.24) is 0 Å². The van der Waals surface area contributed by atoms with Gasteiger partial charge in [-0.2, -0.15) is 0 Å². The smallest absolute Gasteiger partial charge is 0.303 e. The number of hydrogen-bond donors (Lipinski definition) is 1. The van der Waals surface area contributed by atoms with Crippen LogP contribution in [0.3, 0.4) is 0 Å². The highest BCUT2D eigenvalue weighted by Gasteiger charge is 2.52. The molecule has 2 fully saturated rings. The molecule has 0 saturated heterocycles. The largest absolute Gasteiger partial charge is 0.481 e. The van der Waals surface area contributed by atoms with Gasteiger partial charge in [-0.25, -0.2) is 0 Å². The Morgan fingerprint density at radius 2 is 2.21 bits per heavy atom. The molecule has 0 amide bonds. The molecule has 2 nitrogen and oxygen atoms in total. The van der Waals surface area contributed by atoms with E-state index in [-0.39, 0.29) is 0 Å². The van der Waals surface area contributed by atoms with E-state index in [2.05, 4.69) is 12.2 Å². The van der Waals surface area contributed by atoms with Crippen molar-refractivity contribution in [3.05, 3.63) is 12.2 Å². The van der Waals surface area contributed by atoms with Crippen LogP contribution >= 0.6 is 0 Å². The average Bonchev–Trinajstić information content (AvgIpc) is 2.68.